The number of nitrogens with zero attached hydrogens (tertiary/aromatic N) is 1. The molecule has 1 fully saturated rings. The molecule has 0 atom stereocenters. The Morgan fingerprint density at radius 1 is 1.08 bits per heavy atom. The van der Waals surface area contributed by atoms with Gasteiger partial charge in [0.05, 0.1) is 15.1 Å². The SMILES string of the molecule is O=C(Nc1nc2c(Cl)cccc2s1)C1(c2ccc(Cl)cc2)CCCC1. The zero-order valence-electron chi connectivity index (χ0n) is 13.4. The molecule has 0 radical (unpaired) electrons. The molecule has 1 amide bonds. The number of para-hydroxylation sites is 1. The lowest BCUT2D eigenvalue weighted by atomic mass is 9.78. The van der Waals surface area contributed by atoms with Crippen molar-refractivity contribution in [1.29, 1.82) is 0 Å². The Hall–Kier alpha value is -1.62. The van der Waals surface area contributed by atoms with Crippen molar-refractivity contribution in [3.8, 4) is 0 Å². The normalized spacial score (nSPS) is 16.2. The van der Waals surface area contributed by atoms with Crippen LogP contribution in [0.5, 0.6) is 0 Å². The van der Waals surface area contributed by atoms with Gasteiger partial charge in [-0.15, -0.1) is 0 Å². The van der Waals surface area contributed by atoms with Crippen LogP contribution in [0, 0.1) is 0 Å². The second kappa shape index (κ2) is 6.60. The number of thiazole rings is 1. The van der Waals surface area contributed by atoms with Crippen LogP contribution < -0.4 is 5.32 Å². The molecule has 6 heteroatoms. The summed E-state index contributed by atoms with van der Waals surface area (Å²) in [5.74, 6) is 0.00232. The van der Waals surface area contributed by atoms with E-state index in [0.717, 1.165) is 41.5 Å². The number of nitrogens with one attached hydrogen (secondary N) is 1. The van der Waals surface area contributed by atoms with Crippen molar-refractivity contribution in [3.63, 3.8) is 0 Å². The number of aromatic nitrogens is 1. The van der Waals surface area contributed by atoms with Crippen molar-refractivity contribution in [3.05, 3.63) is 58.1 Å². The molecule has 128 valence electrons. The number of carbonyl (C=O) groups excluding carboxylic acids is 1. The molecule has 3 nitrogen and oxygen atoms in total. The molecular formula is C19H16Cl2N2OS. The van der Waals surface area contributed by atoms with Crippen LogP contribution in [0.1, 0.15) is 31.2 Å². The number of amides is 1. The zero-order valence-corrected chi connectivity index (χ0v) is 15.7. The summed E-state index contributed by atoms with van der Waals surface area (Å²) in [6, 6.07) is 13.3. The van der Waals surface area contributed by atoms with E-state index in [1.165, 1.54) is 11.3 Å². The molecule has 3 aromatic rings. The summed E-state index contributed by atoms with van der Waals surface area (Å²) in [4.78, 5) is 17.7. The van der Waals surface area contributed by atoms with Gasteiger partial charge in [-0.2, -0.15) is 0 Å². The number of hydrogen-bond acceptors (Lipinski definition) is 3. The number of halogens is 2. The smallest absolute Gasteiger partial charge is 0.236 e. The third-order valence-corrected chi connectivity index (χ3v) is 6.37. The van der Waals surface area contributed by atoms with Gasteiger partial charge in [-0.1, -0.05) is 65.6 Å². The third-order valence-electron chi connectivity index (χ3n) is 4.88. The molecule has 0 bridgehead atoms. The van der Waals surface area contributed by atoms with Gasteiger partial charge in [-0.3, -0.25) is 4.79 Å². The topological polar surface area (TPSA) is 42.0 Å². The molecule has 0 saturated heterocycles. The first-order valence-electron chi connectivity index (χ1n) is 8.21. The fraction of sp³-hybridized carbons (Fsp3) is 0.263. The molecule has 25 heavy (non-hydrogen) atoms. The second-order valence-corrected chi connectivity index (χ2v) is 8.23. The molecule has 1 aromatic heterocycles. The average Bonchev–Trinajstić information content (AvgIpc) is 3.24. The summed E-state index contributed by atoms with van der Waals surface area (Å²) >= 11 is 13.6. The van der Waals surface area contributed by atoms with Crippen molar-refractivity contribution < 1.29 is 4.79 Å². The Morgan fingerprint density at radius 2 is 1.80 bits per heavy atom. The van der Waals surface area contributed by atoms with Crippen LogP contribution in [0.25, 0.3) is 10.2 Å². The average molecular weight is 391 g/mol. The summed E-state index contributed by atoms with van der Waals surface area (Å²) in [6.45, 7) is 0. The van der Waals surface area contributed by atoms with E-state index in [4.69, 9.17) is 23.2 Å². The number of anilines is 1. The van der Waals surface area contributed by atoms with E-state index in [0.29, 0.717) is 15.2 Å². The van der Waals surface area contributed by atoms with Crippen LogP contribution in [0.3, 0.4) is 0 Å². The Bertz CT molecular complexity index is 930. The summed E-state index contributed by atoms with van der Waals surface area (Å²) < 4.78 is 0.967. The van der Waals surface area contributed by atoms with Gasteiger partial charge in [-0.25, -0.2) is 4.98 Å². The van der Waals surface area contributed by atoms with E-state index in [2.05, 4.69) is 10.3 Å². The maximum atomic E-state index is 13.2. The maximum absolute atomic E-state index is 13.2. The highest BCUT2D eigenvalue weighted by Crippen LogP contribution is 2.43. The largest absolute Gasteiger partial charge is 0.301 e. The molecule has 0 unspecified atom stereocenters. The number of benzene rings is 2. The minimum absolute atomic E-state index is 0.00232. The summed E-state index contributed by atoms with van der Waals surface area (Å²) in [6.07, 6.45) is 3.77. The van der Waals surface area contributed by atoms with Gasteiger partial charge in [-0.05, 0) is 42.7 Å². The van der Waals surface area contributed by atoms with Crippen LogP contribution in [0.4, 0.5) is 5.13 Å². The Morgan fingerprint density at radius 3 is 2.48 bits per heavy atom. The first-order valence-corrected chi connectivity index (χ1v) is 9.78. The number of carbonyl (C=O) groups is 1. The molecule has 1 N–H and O–H groups in total. The number of rotatable bonds is 3. The van der Waals surface area contributed by atoms with Crippen molar-refractivity contribution in [2.75, 3.05) is 5.32 Å². The molecule has 2 aromatic carbocycles. The van der Waals surface area contributed by atoms with Gasteiger partial charge in [0.2, 0.25) is 5.91 Å². The molecule has 4 rings (SSSR count). The van der Waals surface area contributed by atoms with Crippen LogP contribution >= 0.6 is 34.5 Å². The van der Waals surface area contributed by atoms with Crippen molar-refractivity contribution in [2.45, 2.75) is 31.1 Å². The molecular weight excluding hydrogens is 375 g/mol. The maximum Gasteiger partial charge on any atom is 0.236 e. The predicted octanol–water partition coefficient (Wildman–Crippen LogP) is 6.05. The van der Waals surface area contributed by atoms with E-state index in [1.807, 2.05) is 36.4 Å². The van der Waals surface area contributed by atoms with Gasteiger partial charge >= 0.3 is 0 Å². The molecule has 1 aliphatic rings. The lowest BCUT2D eigenvalue weighted by Gasteiger charge is -2.27. The zero-order chi connectivity index (χ0) is 17.4. The second-order valence-electron chi connectivity index (χ2n) is 6.36. The lowest BCUT2D eigenvalue weighted by molar-refractivity contribution is -0.121. The predicted molar refractivity (Wildman–Crippen MR) is 105 cm³/mol. The first kappa shape index (κ1) is 16.8. The van der Waals surface area contributed by atoms with Crippen LogP contribution in [0.2, 0.25) is 10.0 Å². The van der Waals surface area contributed by atoms with Crippen LogP contribution in [-0.4, -0.2) is 10.9 Å². The number of fused-ring (bicyclic) bond motifs is 1. The summed E-state index contributed by atoms with van der Waals surface area (Å²) in [5.41, 5.74) is 1.24. The number of hydrogen-bond donors (Lipinski definition) is 1. The van der Waals surface area contributed by atoms with Crippen molar-refractivity contribution in [2.24, 2.45) is 0 Å². The highest BCUT2D eigenvalue weighted by molar-refractivity contribution is 7.22. The first-order chi connectivity index (χ1) is 12.1. The third kappa shape index (κ3) is 3.03. The molecule has 0 aliphatic heterocycles. The van der Waals surface area contributed by atoms with Crippen molar-refractivity contribution in [1.82, 2.24) is 4.98 Å². The van der Waals surface area contributed by atoms with Crippen LogP contribution in [0.15, 0.2) is 42.5 Å². The van der Waals surface area contributed by atoms with Gasteiger partial charge < -0.3 is 5.32 Å². The highest BCUT2D eigenvalue weighted by atomic mass is 35.5. The minimum Gasteiger partial charge on any atom is -0.301 e. The quantitative estimate of drug-likeness (QED) is 0.590. The Kier molecular flexibility index (Phi) is 4.44. The summed E-state index contributed by atoms with van der Waals surface area (Å²) in [5, 5.41) is 4.90. The van der Waals surface area contributed by atoms with E-state index < -0.39 is 5.41 Å². The highest BCUT2D eigenvalue weighted by Gasteiger charge is 2.43. The molecule has 1 heterocycles. The summed E-state index contributed by atoms with van der Waals surface area (Å²) in [7, 11) is 0. The Balaban J connectivity index is 1.67. The van der Waals surface area contributed by atoms with Gasteiger partial charge in [0.15, 0.2) is 5.13 Å². The van der Waals surface area contributed by atoms with Gasteiger partial charge in [0.25, 0.3) is 0 Å². The minimum atomic E-state index is -0.508. The van der Waals surface area contributed by atoms with E-state index in [9.17, 15) is 4.79 Å². The van der Waals surface area contributed by atoms with E-state index in [-0.39, 0.29) is 5.91 Å². The molecule has 1 aliphatic carbocycles. The van der Waals surface area contributed by atoms with Crippen LogP contribution in [-0.2, 0) is 10.2 Å². The monoisotopic (exact) mass is 390 g/mol. The van der Waals surface area contributed by atoms with E-state index >= 15 is 0 Å². The molecule has 1 saturated carbocycles. The van der Waals surface area contributed by atoms with Gasteiger partial charge in [0.1, 0.15) is 5.52 Å². The van der Waals surface area contributed by atoms with Gasteiger partial charge in [0, 0.05) is 5.02 Å². The fourth-order valence-electron chi connectivity index (χ4n) is 3.58. The fourth-order valence-corrected chi connectivity index (χ4v) is 4.87. The standard InChI is InChI=1S/C19H16Cl2N2OS/c20-13-8-6-12(7-9-13)19(10-1-2-11-19)17(24)23-18-22-16-14(21)4-3-5-15(16)25-18/h3-9H,1-2,10-11H2,(H,22,23,24). The van der Waals surface area contributed by atoms with E-state index in [1.54, 1.807) is 6.07 Å². The Labute approximate surface area is 160 Å². The van der Waals surface area contributed by atoms with Crippen molar-refractivity contribution >= 4 is 55.8 Å². The lowest BCUT2D eigenvalue weighted by Crippen LogP contribution is -2.37. The molecule has 0 spiro atoms.